The first-order valence-electron chi connectivity index (χ1n) is 6.40. The Morgan fingerprint density at radius 3 is 2.94 bits per heavy atom. The van der Waals surface area contributed by atoms with Gasteiger partial charge in [0.1, 0.15) is 0 Å². The van der Waals surface area contributed by atoms with Gasteiger partial charge in [-0.25, -0.2) is 4.79 Å². The fraction of sp³-hybridized carbons (Fsp3) is 0.500. The molecular weight excluding hydrogens is 230 g/mol. The Balaban J connectivity index is 2.49. The van der Waals surface area contributed by atoms with Gasteiger partial charge >= 0.3 is 5.97 Å². The Morgan fingerprint density at radius 2 is 2.22 bits per heavy atom. The first-order chi connectivity index (χ1) is 8.77. The predicted molar refractivity (Wildman–Crippen MR) is 71.8 cm³/mol. The van der Waals surface area contributed by atoms with Crippen molar-refractivity contribution in [3.05, 3.63) is 29.8 Å². The van der Waals surface area contributed by atoms with E-state index in [0.29, 0.717) is 25.1 Å². The van der Waals surface area contributed by atoms with Crippen LogP contribution in [-0.2, 0) is 4.74 Å². The van der Waals surface area contributed by atoms with Crippen LogP contribution in [0.4, 0.5) is 5.69 Å². The third kappa shape index (κ3) is 5.19. The minimum Gasteiger partial charge on any atom is -0.462 e. The van der Waals surface area contributed by atoms with Gasteiger partial charge in [-0.05, 0) is 31.0 Å². The molecule has 0 heterocycles. The van der Waals surface area contributed by atoms with Crippen LogP contribution in [0.25, 0.3) is 0 Å². The number of carbonyl (C=O) groups excluding carboxylic acids is 1. The first kappa shape index (κ1) is 14.5. The topological polar surface area (TPSA) is 58.6 Å². The SMILES string of the molecule is CCCCOC(=O)c1cccc(NCCCO)c1. The highest BCUT2D eigenvalue weighted by atomic mass is 16.5. The molecule has 0 spiro atoms. The summed E-state index contributed by atoms with van der Waals surface area (Å²) in [6.45, 7) is 3.37. The van der Waals surface area contributed by atoms with Gasteiger partial charge in [0.25, 0.3) is 0 Å². The molecule has 0 bridgehead atoms. The van der Waals surface area contributed by atoms with Crippen LogP contribution in [0.15, 0.2) is 24.3 Å². The molecule has 0 fully saturated rings. The van der Waals surface area contributed by atoms with Crippen molar-refractivity contribution in [3.63, 3.8) is 0 Å². The number of nitrogens with one attached hydrogen (secondary N) is 1. The molecule has 18 heavy (non-hydrogen) atoms. The Labute approximate surface area is 108 Å². The summed E-state index contributed by atoms with van der Waals surface area (Å²) in [7, 11) is 0. The molecule has 4 nitrogen and oxygen atoms in total. The van der Waals surface area contributed by atoms with Gasteiger partial charge < -0.3 is 15.2 Å². The number of hydrogen-bond acceptors (Lipinski definition) is 4. The minimum absolute atomic E-state index is 0.158. The normalized spacial score (nSPS) is 10.1. The fourth-order valence-corrected chi connectivity index (χ4v) is 1.46. The number of aliphatic hydroxyl groups excluding tert-OH is 1. The molecular formula is C14H21NO3. The Hall–Kier alpha value is -1.55. The van der Waals surface area contributed by atoms with Crippen LogP contribution >= 0.6 is 0 Å². The van der Waals surface area contributed by atoms with Crippen LogP contribution in [0, 0.1) is 0 Å². The number of carbonyl (C=O) groups is 1. The molecule has 1 aromatic carbocycles. The predicted octanol–water partition coefficient (Wildman–Crippen LogP) is 2.44. The maximum absolute atomic E-state index is 11.7. The van der Waals surface area contributed by atoms with Crippen molar-refractivity contribution in [1.29, 1.82) is 0 Å². The average Bonchev–Trinajstić information content (AvgIpc) is 2.39. The molecule has 0 atom stereocenters. The highest BCUT2D eigenvalue weighted by molar-refractivity contribution is 5.90. The van der Waals surface area contributed by atoms with Crippen LogP contribution in [0.5, 0.6) is 0 Å². The summed E-state index contributed by atoms with van der Waals surface area (Å²) in [6.07, 6.45) is 2.58. The van der Waals surface area contributed by atoms with E-state index in [1.807, 2.05) is 12.1 Å². The number of benzene rings is 1. The van der Waals surface area contributed by atoms with Gasteiger partial charge in [-0.3, -0.25) is 0 Å². The fourth-order valence-electron chi connectivity index (χ4n) is 1.46. The number of hydrogen-bond donors (Lipinski definition) is 2. The standard InChI is InChI=1S/C14H21NO3/c1-2-3-10-18-14(17)12-6-4-7-13(11-12)15-8-5-9-16/h4,6-7,11,15-16H,2-3,5,8-10H2,1H3. The van der Waals surface area contributed by atoms with Crippen LogP contribution in [0.3, 0.4) is 0 Å². The van der Waals surface area contributed by atoms with Crippen molar-refractivity contribution >= 4 is 11.7 Å². The maximum Gasteiger partial charge on any atom is 0.338 e. The van der Waals surface area contributed by atoms with Gasteiger partial charge in [0, 0.05) is 18.8 Å². The molecule has 0 amide bonds. The molecule has 0 aliphatic carbocycles. The minimum atomic E-state index is -0.283. The van der Waals surface area contributed by atoms with Gasteiger partial charge in [0.2, 0.25) is 0 Å². The molecule has 0 radical (unpaired) electrons. The first-order valence-corrected chi connectivity index (χ1v) is 6.40. The van der Waals surface area contributed by atoms with Crippen molar-refractivity contribution in [2.24, 2.45) is 0 Å². The average molecular weight is 251 g/mol. The number of anilines is 1. The largest absolute Gasteiger partial charge is 0.462 e. The monoisotopic (exact) mass is 251 g/mol. The van der Waals surface area contributed by atoms with Crippen LogP contribution in [-0.4, -0.2) is 30.8 Å². The van der Waals surface area contributed by atoms with E-state index < -0.39 is 0 Å². The van der Waals surface area contributed by atoms with E-state index in [1.165, 1.54) is 0 Å². The zero-order chi connectivity index (χ0) is 13.2. The van der Waals surface area contributed by atoms with E-state index in [0.717, 1.165) is 18.5 Å². The van der Waals surface area contributed by atoms with E-state index in [4.69, 9.17) is 9.84 Å². The third-order valence-electron chi connectivity index (χ3n) is 2.49. The van der Waals surface area contributed by atoms with Gasteiger partial charge in [0.05, 0.1) is 12.2 Å². The molecule has 0 aliphatic heterocycles. The van der Waals surface area contributed by atoms with Crippen molar-refractivity contribution in [1.82, 2.24) is 0 Å². The third-order valence-corrected chi connectivity index (χ3v) is 2.49. The highest BCUT2D eigenvalue weighted by Gasteiger charge is 2.07. The van der Waals surface area contributed by atoms with Gasteiger partial charge in [-0.15, -0.1) is 0 Å². The lowest BCUT2D eigenvalue weighted by Crippen LogP contribution is -2.08. The lowest BCUT2D eigenvalue weighted by atomic mass is 10.2. The van der Waals surface area contributed by atoms with Crippen molar-refractivity contribution in [2.45, 2.75) is 26.2 Å². The molecule has 100 valence electrons. The number of esters is 1. The van der Waals surface area contributed by atoms with E-state index in [9.17, 15) is 4.79 Å². The quantitative estimate of drug-likeness (QED) is 0.550. The zero-order valence-corrected chi connectivity index (χ0v) is 10.8. The van der Waals surface area contributed by atoms with Crippen LogP contribution < -0.4 is 5.32 Å². The van der Waals surface area contributed by atoms with Crippen LogP contribution in [0.1, 0.15) is 36.5 Å². The lowest BCUT2D eigenvalue weighted by Gasteiger charge is -2.08. The Bertz CT molecular complexity index is 366. The smallest absolute Gasteiger partial charge is 0.338 e. The summed E-state index contributed by atoms with van der Waals surface area (Å²) in [5, 5.41) is 11.8. The van der Waals surface area contributed by atoms with E-state index in [2.05, 4.69) is 12.2 Å². The number of rotatable bonds is 8. The van der Waals surface area contributed by atoms with Crippen molar-refractivity contribution in [3.8, 4) is 0 Å². The van der Waals surface area contributed by atoms with Gasteiger partial charge in [0.15, 0.2) is 0 Å². The molecule has 1 rings (SSSR count). The van der Waals surface area contributed by atoms with Crippen LogP contribution in [0.2, 0.25) is 0 Å². The van der Waals surface area contributed by atoms with Crippen molar-refractivity contribution in [2.75, 3.05) is 25.1 Å². The van der Waals surface area contributed by atoms with Gasteiger partial charge in [-0.1, -0.05) is 19.4 Å². The molecule has 4 heteroatoms. The number of ether oxygens (including phenoxy) is 1. The molecule has 1 aromatic rings. The number of unbranched alkanes of at least 4 members (excludes halogenated alkanes) is 1. The summed E-state index contributed by atoms with van der Waals surface area (Å²) in [5.74, 6) is -0.283. The molecule has 0 aliphatic rings. The molecule has 2 N–H and O–H groups in total. The second kappa shape index (κ2) is 8.53. The summed E-state index contributed by atoms with van der Waals surface area (Å²) < 4.78 is 5.14. The summed E-state index contributed by atoms with van der Waals surface area (Å²) >= 11 is 0. The summed E-state index contributed by atoms with van der Waals surface area (Å²) in [6, 6.07) is 7.22. The molecule has 0 unspecified atom stereocenters. The lowest BCUT2D eigenvalue weighted by molar-refractivity contribution is 0.0500. The Kier molecular flexibility index (Phi) is 6.87. The highest BCUT2D eigenvalue weighted by Crippen LogP contribution is 2.12. The van der Waals surface area contributed by atoms with E-state index >= 15 is 0 Å². The Morgan fingerprint density at radius 1 is 1.39 bits per heavy atom. The maximum atomic E-state index is 11.7. The van der Waals surface area contributed by atoms with E-state index in [-0.39, 0.29) is 12.6 Å². The molecule has 0 saturated heterocycles. The summed E-state index contributed by atoms with van der Waals surface area (Å²) in [4.78, 5) is 11.7. The van der Waals surface area contributed by atoms with Gasteiger partial charge in [-0.2, -0.15) is 0 Å². The number of aliphatic hydroxyl groups is 1. The zero-order valence-electron chi connectivity index (χ0n) is 10.8. The summed E-state index contributed by atoms with van der Waals surface area (Å²) in [5.41, 5.74) is 1.42. The molecule has 0 aromatic heterocycles. The second-order valence-corrected chi connectivity index (χ2v) is 4.07. The molecule has 0 saturated carbocycles. The van der Waals surface area contributed by atoms with Crippen molar-refractivity contribution < 1.29 is 14.6 Å². The second-order valence-electron chi connectivity index (χ2n) is 4.07. The van der Waals surface area contributed by atoms with E-state index in [1.54, 1.807) is 12.1 Å².